The number of amides is 2. The molecule has 4 N–H and O–H groups in total. The number of carbonyl (C=O) groups is 2. The zero-order chi connectivity index (χ0) is 22.7. The molecule has 0 aliphatic heterocycles. The summed E-state index contributed by atoms with van der Waals surface area (Å²) in [4.78, 5) is 29.3. The highest BCUT2D eigenvalue weighted by Crippen LogP contribution is 2.50. The van der Waals surface area contributed by atoms with Crippen LogP contribution in [-0.4, -0.2) is 29.4 Å². The number of benzene rings is 1. The van der Waals surface area contributed by atoms with Gasteiger partial charge in [-0.25, -0.2) is 4.39 Å². The number of nitrogens with one attached hydrogen (secondary N) is 2. The number of halogens is 2. The van der Waals surface area contributed by atoms with Gasteiger partial charge in [0, 0.05) is 41.6 Å². The molecule has 2 amide bonds. The van der Waals surface area contributed by atoms with Crippen LogP contribution in [0.2, 0.25) is 5.02 Å². The van der Waals surface area contributed by atoms with Gasteiger partial charge in [-0.3, -0.25) is 14.6 Å². The third-order valence-electron chi connectivity index (χ3n) is 6.83. The highest BCUT2D eigenvalue weighted by atomic mass is 35.5. The number of nitrogens with two attached hydrogens (primary N) is 1. The zero-order valence-electron chi connectivity index (χ0n) is 17.8. The molecule has 2 fully saturated rings. The van der Waals surface area contributed by atoms with Crippen LogP contribution in [0.3, 0.4) is 0 Å². The topological polar surface area (TPSA) is 97.1 Å². The lowest BCUT2D eigenvalue weighted by Gasteiger charge is -2.32. The molecule has 2 aliphatic carbocycles. The third-order valence-corrected chi connectivity index (χ3v) is 7.14. The molecule has 0 radical (unpaired) electrons. The molecule has 2 aliphatic rings. The van der Waals surface area contributed by atoms with Crippen molar-refractivity contribution in [2.24, 2.45) is 17.6 Å². The third kappa shape index (κ3) is 4.94. The molecule has 1 atom stereocenters. The first-order valence-corrected chi connectivity index (χ1v) is 11.5. The van der Waals surface area contributed by atoms with Crippen LogP contribution in [0.5, 0.6) is 0 Å². The first kappa shape index (κ1) is 22.7. The quantitative estimate of drug-likeness (QED) is 0.588. The summed E-state index contributed by atoms with van der Waals surface area (Å²) in [5, 5.41) is 6.21. The van der Waals surface area contributed by atoms with Gasteiger partial charge < -0.3 is 16.4 Å². The summed E-state index contributed by atoms with van der Waals surface area (Å²) in [6.07, 6.45) is 7.93. The van der Waals surface area contributed by atoms with E-state index in [2.05, 4.69) is 15.6 Å². The second-order valence-corrected chi connectivity index (χ2v) is 9.32. The molecule has 4 rings (SSSR count). The van der Waals surface area contributed by atoms with Crippen molar-refractivity contribution < 1.29 is 14.0 Å². The lowest BCUT2D eigenvalue weighted by atomic mass is 9.78. The fourth-order valence-corrected chi connectivity index (χ4v) is 5.00. The molecular weight excluding hydrogens is 431 g/mol. The summed E-state index contributed by atoms with van der Waals surface area (Å²) < 4.78 is 13.4. The van der Waals surface area contributed by atoms with E-state index < -0.39 is 11.2 Å². The van der Waals surface area contributed by atoms with Crippen LogP contribution >= 0.6 is 11.6 Å². The van der Waals surface area contributed by atoms with E-state index in [9.17, 15) is 14.0 Å². The molecule has 6 nitrogen and oxygen atoms in total. The second-order valence-electron chi connectivity index (χ2n) is 8.92. The fraction of sp³-hybridized carbons (Fsp3) is 0.458. The average molecular weight is 459 g/mol. The van der Waals surface area contributed by atoms with E-state index in [-0.39, 0.29) is 34.7 Å². The molecule has 1 heterocycles. The van der Waals surface area contributed by atoms with E-state index in [0.717, 1.165) is 31.4 Å². The Morgan fingerprint density at radius 2 is 1.84 bits per heavy atom. The molecule has 0 saturated heterocycles. The van der Waals surface area contributed by atoms with E-state index in [1.807, 2.05) is 0 Å². The lowest BCUT2D eigenvalue weighted by molar-refractivity contribution is -0.123. The van der Waals surface area contributed by atoms with Crippen LogP contribution in [0.4, 0.5) is 10.1 Å². The van der Waals surface area contributed by atoms with Gasteiger partial charge >= 0.3 is 0 Å². The number of hydrogen-bond acceptors (Lipinski definition) is 4. The monoisotopic (exact) mass is 458 g/mol. The normalized spacial score (nSPS) is 22.6. The average Bonchev–Trinajstić information content (AvgIpc) is 3.60. The van der Waals surface area contributed by atoms with Gasteiger partial charge in [-0.05, 0) is 74.3 Å². The smallest absolute Gasteiger partial charge is 0.230 e. The molecule has 1 unspecified atom stereocenters. The van der Waals surface area contributed by atoms with Gasteiger partial charge in [0.25, 0.3) is 0 Å². The maximum absolute atomic E-state index is 13.4. The van der Waals surface area contributed by atoms with Crippen molar-refractivity contribution >= 4 is 29.1 Å². The van der Waals surface area contributed by atoms with Gasteiger partial charge in [0.15, 0.2) is 0 Å². The number of aromatic nitrogens is 1. The van der Waals surface area contributed by atoms with Crippen LogP contribution in [0.1, 0.15) is 44.1 Å². The van der Waals surface area contributed by atoms with Crippen molar-refractivity contribution in [2.45, 2.75) is 50.0 Å². The lowest BCUT2D eigenvalue weighted by Crippen LogP contribution is -2.46. The molecule has 32 heavy (non-hydrogen) atoms. The minimum absolute atomic E-state index is 0.0309. The van der Waals surface area contributed by atoms with Gasteiger partial charge in [0.2, 0.25) is 11.8 Å². The molecular formula is C24H28ClFN4O2. The summed E-state index contributed by atoms with van der Waals surface area (Å²) in [5.41, 5.74) is 7.15. The highest BCUT2D eigenvalue weighted by molar-refractivity contribution is 6.32. The van der Waals surface area contributed by atoms with E-state index in [4.69, 9.17) is 17.3 Å². The Bertz CT molecular complexity index is 975. The van der Waals surface area contributed by atoms with E-state index in [1.54, 1.807) is 30.6 Å². The summed E-state index contributed by atoms with van der Waals surface area (Å²) in [5.74, 6) is -0.265. The largest absolute Gasteiger partial charge is 0.354 e. The Morgan fingerprint density at radius 1 is 1.16 bits per heavy atom. The van der Waals surface area contributed by atoms with E-state index in [0.29, 0.717) is 24.9 Å². The summed E-state index contributed by atoms with van der Waals surface area (Å²) in [6.45, 7) is 0.373. The van der Waals surface area contributed by atoms with Crippen molar-refractivity contribution in [1.82, 2.24) is 10.3 Å². The predicted octanol–water partition coefficient (Wildman–Crippen LogP) is 3.79. The molecule has 8 heteroatoms. The Kier molecular flexibility index (Phi) is 6.76. The van der Waals surface area contributed by atoms with Crippen molar-refractivity contribution in [3.63, 3.8) is 0 Å². The SMILES string of the molecule is NC(CNC(=O)C1(c2ccc(F)cc2Cl)CC1)C1CCC(C(=O)Nc2ccncc2)CC1. The summed E-state index contributed by atoms with van der Waals surface area (Å²) >= 11 is 6.19. The Labute approximate surface area is 192 Å². The molecule has 0 spiro atoms. The molecule has 2 aromatic rings. The van der Waals surface area contributed by atoms with Gasteiger partial charge in [0.05, 0.1) is 5.41 Å². The molecule has 1 aromatic carbocycles. The van der Waals surface area contributed by atoms with Crippen LogP contribution in [-0.2, 0) is 15.0 Å². The number of rotatable bonds is 7. The number of pyridine rings is 1. The maximum Gasteiger partial charge on any atom is 0.230 e. The standard InChI is InChI=1S/C24H28ClFN4O2/c25-20-13-17(26)5-6-19(20)24(9-10-24)23(32)29-14-21(27)15-1-3-16(4-2-15)22(31)30-18-7-11-28-12-8-18/h5-8,11-13,15-16,21H,1-4,9-10,14,27H2,(H,29,32)(H,28,30,31). The van der Waals surface area contributed by atoms with Crippen molar-refractivity contribution in [1.29, 1.82) is 0 Å². The summed E-state index contributed by atoms with van der Waals surface area (Å²) in [7, 11) is 0. The zero-order valence-corrected chi connectivity index (χ0v) is 18.6. The number of carbonyl (C=O) groups excluding carboxylic acids is 2. The van der Waals surface area contributed by atoms with Crippen molar-refractivity contribution in [2.75, 3.05) is 11.9 Å². The van der Waals surface area contributed by atoms with Gasteiger partial charge in [-0.2, -0.15) is 0 Å². The van der Waals surface area contributed by atoms with Gasteiger partial charge in [0.1, 0.15) is 5.82 Å². The molecule has 1 aromatic heterocycles. The maximum atomic E-state index is 13.4. The fourth-order valence-electron chi connectivity index (χ4n) is 4.66. The first-order chi connectivity index (χ1) is 15.4. The van der Waals surface area contributed by atoms with Crippen LogP contribution < -0.4 is 16.4 Å². The Morgan fingerprint density at radius 3 is 2.47 bits per heavy atom. The first-order valence-electron chi connectivity index (χ1n) is 11.1. The van der Waals surface area contributed by atoms with Crippen LogP contribution in [0.15, 0.2) is 42.7 Å². The van der Waals surface area contributed by atoms with Crippen molar-refractivity contribution in [3.05, 3.63) is 59.1 Å². The minimum atomic E-state index is -0.673. The van der Waals surface area contributed by atoms with Gasteiger partial charge in [-0.1, -0.05) is 17.7 Å². The Hall–Kier alpha value is -2.51. The van der Waals surface area contributed by atoms with Crippen LogP contribution in [0, 0.1) is 17.7 Å². The number of hydrogen-bond donors (Lipinski definition) is 3. The number of anilines is 1. The van der Waals surface area contributed by atoms with E-state index >= 15 is 0 Å². The van der Waals surface area contributed by atoms with Crippen LogP contribution in [0.25, 0.3) is 0 Å². The molecule has 170 valence electrons. The minimum Gasteiger partial charge on any atom is -0.354 e. The number of nitrogens with zero attached hydrogens (tertiary/aromatic N) is 1. The summed E-state index contributed by atoms with van der Waals surface area (Å²) in [6, 6.07) is 7.55. The van der Waals surface area contributed by atoms with Gasteiger partial charge in [-0.15, -0.1) is 0 Å². The predicted molar refractivity (Wildman–Crippen MR) is 122 cm³/mol. The highest BCUT2D eigenvalue weighted by Gasteiger charge is 2.52. The van der Waals surface area contributed by atoms with E-state index in [1.165, 1.54) is 12.1 Å². The second kappa shape index (κ2) is 9.55. The Balaban J connectivity index is 1.25. The molecule has 2 saturated carbocycles. The molecule has 0 bridgehead atoms. The van der Waals surface area contributed by atoms with Crippen molar-refractivity contribution in [3.8, 4) is 0 Å².